The fourth-order valence-electron chi connectivity index (χ4n) is 6.71. The molecule has 0 saturated heterocycles. The molecule has 2 aliphatic rings. The highest BCUT2D eigenvalue weighted by atomic mass is 16.5. The van der Waals surface area contributed by atoms with E-state index in [1.807, 2.05) is 104 Å². The minimum absolute atomic E-state index is 0.131. The predicted octanol–water partition coefficient (Wildman–Crippen LogP) is 7.73. The van der Waals surface area contributed by atoms with Crippen LogP contribution in [0.2, 0.25) is 0 Å². The van der Waals surface area contributed by atoms with Crippen LogP contribution in [0.5, 0.6) is 0 Å². The van der Waals surface area contributed by atoms with E-state index < -0.39 is 17.9 Å². The van der Waals surface area contributed by atoms with Gasteiger partial charge in [0.1, 0.15) is 0 Å². The molecular formula is C40H32N2O5. The van der Waals surface area contributed by atoms with E-state index in [4.69, 9.17) is 9.47 Å². The molecule has 1 N–H and O–H groups in total. The molecule has 7 heteroatoms. The quantitative estimate of drug-likeness (QED) is 0.188. The smallest absolute Gasteiger partial charge is 0.338 e. The minimum atomic E-state index is -0.740. The Morgan fingerprint density at radius 1 is 0.787 bits per heavy atom. The number of rotatable bonds is 7. The van der Waals surface area contributed by atoms with Crippen molar-refractivity contribution in [1.82, 2.24) is 9.88 Å². The Labute approximate surface area is 272 Å². The number of nitrogens with one attached hydrogen (secondary N) is 1. The first-order chi connectivity index (χ1) is 22.9. The van der Waals surface area contributed by atoms with Gasteiger partial charge in [-0.05, 0) is 60.9 Å². The average Bonchev–Trinajstić information content (AvgIpc) is 3.64. The summed E-state index contributed by atoms with van der Waals surface area (Å²) in [6.45, 7) is 3.91. The van der Waals surface area contributed by atoms with Crippen LogP contribution in [0.4, 0.5) is 0 Å². The number of hydrogen-bond acceptors (Lipinski definition) is 6. The summed E-state index contributed by atoms with van der Waals surface area (Å²) in [5, 5.41) is 3.39. The molecule has 0 bridgehead atoms. The first kappa shape index (κ1) is 29.7. The second kappa shape index (κ2) is 12.1. The number of esters is 2. The first-order valence-corrected chi connectivity index (χ1v) is 15.5. The molecule has 1 aromatic heterocycles. The largest absolute Gasteiger partial charge is 0.466 e. The van der Waals surface area contributed by atoms with Crippen LogP contribution in [-0.4, -0.2) is 36.0 Å². The molecule has 7 rings (SSSR count). The Morgan fingerprint density at radius 2 is 1.40 bits per heavy atom. The van der Waals surface area contributed by atoms with Crippen LogP contribution in [0.3, 0.4) is 0 Å². The second-order valence-corrected chi connectivity index (χ2v) is 11.4. The summed E-state index contributed by atoms with van der Waals surface area (Å²) in [6, 6.07) is 36.8. The molecule has 0 amide bonds. The van der Waals surface area contributed by atoms with Crippen molar-refractivity contribution in [3.63, 3.8) is 0 Å². The molecule has 7 nitrogen and oxygen atoms in total. The number of carbonyl (C=O) groups excluding carboxylic acids is 3. The molecular weight excluding hydrogens is 588 g/mol. The number of dihydropyridines is 1. The normalized spacial score (nSPS) is 15.2. The van der Waals surface area contributed by atoms with Gasteiger partial charge in [0.25, 0.3) is 0 Å². The van der Waals surface area contributed by atoms with E-state index in [1.165, 1.54) is 7.11 Å². The molecule has 1 atom stereocenters. The van der Waals surface area contributed by atoms with Crippen LogP contribution in [0.15, 0.2) is 132 Å². The van der Waals surface area contributed by atoms with Gasteiger partial charge in [-0.2, -0.15) is 0 Å². The maximum atomic E-state index is 14.3. The highest BCUT2D eigenvalue weighted by molar-refractivity contribution is 6.23. The molecule has 5 aromatic rings. The van der Waals surface area contributed by atoms with Crippen LogP contribution in [0, 0.1) is 0 Å². The zero-order chi connectivity index (χ0) is 32.7. The van der Waals surface area contributed by atoms with Crippen molar-refractivity contribution in [2.24, 2.45) is 0 Å². The Hall–Kier alpha value is -5.95. The number of aromatic nitrogens is 1. The second-order valence-electron chi connectivity index (χ2n) is 11.4. The van der Waals surface area contributed by atoms with Crippen molar-refractivity contribution in [1.29, 1.82) is 0 Å². The highest BCUT2D eigenvalue weighted by Crippen LogP contribution is 2.51. The molecule has 1 aliphatic heterocycles. The fourth-order valence-corrected chi connectivity index (χ4v) is 6.71. The molecule has 0 radical (unpaired) electrons. The molecule has 0 fully saturated rings. The maximum absolute atomic E-state index is 14.3. The summed E-state index contributed by atoms with van der Waals surface area (Å²) in [7, 11) is 1.36. The van der Waals surface area contributed by atoms with Crippen molar-refractivity contribution < 1.29 is 23.9 Å². The number of methoxy groups -OCH3 is 1. The molecule has 47 heavy (non-hydrogen) atoms. The number of benzene rings is 4. The third kappa shape index (κ3) is 4.97. The Balaban J connectivity index is 1.56. The van der Waals surface area contributed by atoms with Crippen molar-refractivity contribution >= 4 is 23.4 Å². The van der Waals surface area contributed by atoms with Crippen LogP contribution < -0.4 is 5.32 Å². The molecule has 0 unspecified atom stereocenters. The summed E-state index contributed by atoms with van der Waals surface area (Å²) >= 11 is 0. The number of allylic oxidation sites excluding steroid dienone is 2. The molecule has 232 valence electrons. The number of nitrogens with zero attached hydrogens (tertiary/aromatic N) is 1. The van der Waals surface area contributed by atoms with E-state index in [0.717, 1.165) is 39.3 Å². The van der Waals surface area contributed by atoms with Crippen molar-refractivity contribution in [2.45, 2.75) is 19.8 Å². The lowest BCUT2D eigenvalue weighted by atomic mass is 9.79. The van der Waals surface area contributed by atoms with Gasteiger partial charge in [0, 0.05) is 28.1 Å². The molecule has 2 heterocycles. The van der Waals surface area contributed by atoms with Gasteiger partial charge in [-0.25, -0.2) is 9.59 Å². The Morgan fingerprint density at radius 3 is 2.04 bits per heavy atom. The lowest BCUT2D eigenvalue weighted by Gasteiger charge is -2.29. The van der Waals surface area contributed by atoms with Crippen molar-refractivity contribution in [3.05, 3.63) is 154 Å². The van der Waals surface area contributed by atoms with Gasteiger partial charge in [0.15, 0.2) is 5.78 Å². The number of Topliss-reactive ketones (excluding diaryl/α,β-unsaturated/α-hetero) is 1. The molecule has 0 saturated carbocycles. The lowest BCUT2D eigenvalue weighted by Crippen LogP contribution is -2.29. The average molecular weight is 621 g/mol. The summed E-state index contributed by atoms with van der Waals surface area (Å²) in [4.78, 5) is 40.5. The third-order valence-electron chi connectivity index (χ3n) is 8.75. The highest BCUT2D eigenvalue weighted by Gasteiger charge is 2.44. The number of hydrogen-bond donors (Lipinski definition) is 1. The lowest BCUT2D eigenvalue weighted by molar-refractivity contribution is -0.136. The molecule has 0 spiro atoms. The van der Waals surface area contributed by atoms with Crippen LogP contribution >= 0.6 is 0 Å². The van der Waals surface area contributed by atoms with Crippen molar-refractivity contribution in [2.75, 3.05) is 13.7 Å². The predicted molar refractivity (Wildman–Crippen MR) is 181 cm³/mol. The van der Waals surface area contributed by atoms with Gasteiger partial charge < -0.3 is 19.4 Å². The Kier molecular flexibility index (Phi) is 7.66. The standard InChI is InChI=1S/C40H32N2O5/c1-4-47-39(44)27-19-21-28(22-20-27)42-32(25-13-7-5-8-14-25)23-31(37(42)26-15-9-6-10-16-26)34-33(40(45)46-3)24(2)41-36-29-17-11-12-18-30(29)38(43)35(34)36/h5-23,34,41H,4H2,1-3H3/t34-/m1/s1. The van der Waals surface area contributed by atoms with E-state index in [0.29, 0.717) is 33.7 Å². The van der Waals surface area contributed by atoms with E-state index in [1.54, 1.807) is 19.1 Å². The molecule has 1 aliphatic carbocycles. The zero-order valence-corrected chi connectivity index (χ0v) is 26.2. The Bertz CT molecular complexity index is 2110. The first-order valence-electron chi connectivity index (χ1n) is 15.5. The van der Waals surface area contributed by atoms with Crippen LogP contribution in [0.1, 0.15) is 51.6 Å². The van der Waals surface area contributed by atoms with Gasteiger partial charge in [0.05, 0.1) is 47.9 Å². The maximum Gasteiger partial charge on any atom is 0.338 e. The summed E-state index contributed by atoms with van der Waals surface area (Å²) in [5.41, 5.74) is 9.11. The fraction of sp³-hybridized carbons (Fsp3) is 0.125. The van der Waals surface area contributed by atoms with Gasteiger partial charge in [-0.15, -0.1) is 0 Å². The van der Waals surface area contributed by atoms with Crippen LogP contribution in [-0.2, 0) is 14.3 Å². The van der Waals surface area contributed by atoms with Crippen molar-refractivity contribution in [3.8, 4) is 28.2 Å². The van der Waals surface area contributed by atoms with E-state index >= 15 is 0 Å². The number of ether oxygens (including phenoxy) is 2. The SMILES string of the molecule is CCOC(=O)c1ccc(-n2c(-c3ccccc3)cc([C@@H]3C(C(=O)OC)=C(C)NC4=C3C(=O)c3ccccc34)c2-c2ccccc2)cc1. The van der Waals surface area contributed by atoms with E-state index in [2.05, 4.69) is 16.0 Å². The minimum Gasteiger partial charge on any atom is -0.466 e. The number of fused-ring (bicyclic) bond motifs is 2. The van der Waals surface area contributed by atoms with Gasteiger partial charge in [-0.1, -0.05) is 84.9 Å². The topological polar surface area (TPSA) is 86.6 Å². The zero-order valence-electron chi connectivity index (χ0n) is 26.2. The van der Waals surface area contributed by atoms with Gasteiger partial charge >= 0.3 is 11.9 Å². The summed E-state index contributed by atoms with van der Waals surface area (Å²) in [6.07, 6.45) is 0. The van der Waals surface area contributed by atoms with Gasteiger partial charge in [0.2, 0.25) is 0 Å². The summed E-state index contributed by atoms with van der Waals surface area (Å²) in [5.74, 6) is -1.78. The van der Waals surface area contributed by atoms with E-state index in [9.17, 15) is 14.4 Å². The number of ketones is 1. The third-order valence-corrected chi connectivity index (χ3v) is 8.75. The van der Waals surface area contributed by atoms with E-state index in [-0.39, 0.29) is 12.4 Å². The van der Waals surface area contributed by atoms with Gasteiger partial charge in [-0.3, -0.25) is 4.79 Å². The van der Waals surface area contributed by atoms with Crippen LogP contribution in [0.25, 0.3) is 33.9 Å². The molecule has 4 aromatic carbocycles. The summed E-state index contributed by atoms with van der Waals surface area (Å²) < 4.78 is 12.7. The monoisotopic (exact) mass is 620 g/mol. The number of carbonyl (C=O) groups is 3.